The minimum absolute atomic E-state index is 0.188. The van der Waals surface area contributed by atoms with Crippen LogP contribution in [0.5, 0.6) is 0 Å². The number of ether oxygens (including phenoxy) is 1. The number of fused-ring (bicyclic) bond motifs is 2. The summed E-state index contributed by atoms with van der Waals surface area (Å²) < 4.78 is 84.0. The smallest absolute Gasteiger partial charge is 0.395 e. The minimum Gasteiger partial charge on any atom is -0.395 e. The molecule has 0 spiro atoms. The average Bonchev–Trinajstić information content (AvgIpc) is 2.87. The van der Waals surface area contributed by atoms with E-state index in [1.54, 1.807) is 0 Å². The van der Waals surface area contributed by atoms with Gasteiger partial charge in [0.1, 0.15) is 0 Å². The fraction of sp³-hybridized carbons (Fsp3) is 0.900. The maximum Gasteiger partial charge on any atom is 0.485 e. The third kappa shape index (κ3) is 2.39. The molecule has 2 aliphatic carbocycles. The summed E-state index contributed by atoms with van der Waals surface area (Å²) in [6.45, 7) is 0. The van der Waals surface area contributed by atoms with E-state index in [9.17, 15) is 30.8 Å². The van der Waals surface area contributed by atoms with E-state index in [0.29, 0.717) is 12.8 Å². The van der Waals surface area contributed by atoms with Gasteiger partial charge in [-0.25, -0.2) is 0 Å². The summed E-state index contributed by atoms with van der Waals surface area (Å²) in [6, 6.07) is 0. The largest absolute Gasteiger partial charge is 0.485 e. The second-order valence-electron chi connectivity index (χ2n) is 5.21. The summed E-state index contributed by atoms with van der Waals surface area (Å²) in [5.41, 5.74) is 0. The topological polar surface area (TPSA) is 80.7 Å². The molecule has 2 aliphatic rings. The van der Waals surface area contributed by atoms with Crippen LogP contribution in [0.1, 0.15) is 25.7 Å². The molecular weight excluding hydrogens is 308 g/mol. The Labute approximate surface area is 112 Å². The Morgan fingerprint density at radius 1 is 1.15 bits per heavy atom. The van der Waals surface area contributed by atoms with Crippen LogP contribution in [0.2, 0.25) is 0 Å². The van der Waals surface area contributed by atoms with Gasteiger partial charge in [0.15, 0.2) is 0 Å². The average molecular weight is 320 g/mol. The molecule has 3 atom stereocenters. The summed E-state index contributed by atoms with van der Waals surface area (Å²) in [6.07, 6.45) is -3.20. The fourth-order valence-electron chi connectivity index (χ4n) is 2.94. The van der Waals surface area contributed by atoms with E-state index in [2.05, 4.69) is 4.74 Å². The third-order valence-corrected chi connectivity index (χ3v) is 4.82. The molecule has 3 unspecified atom stereocenters. The van der Waals surface area contributed by atoms with Gasteiger partial charge >= 0.3 is 27.5 Å². The number of carbonyl (C=O) groups is 1. The lowest BCUT2D eigenvalue weighted by molar-refractivity contribution is -0.304. The number of alkyl halides is 4. The number of hydrogen-bond donors (Lipinski definition) is 1. The third-order valence-electron chi connectivity index (χ3n) is 3.93. The van der Waals surface area contributed by atoms with Crippen LogP contribution in [0.4, 0.5) is 17.6 Å². The highest BCUT2D eigenvalue weighted by Gasteiger charge is 2.70. The second kappa shape index (κ2) is 4.55. The molecule has 0 amide bonds. The van der Waals surface area contributed by atoms with Gasteiger partial charge in [0.2, 0.25) is 0 Å². The summed E-state index contributed by atoms with van der Waals surface area (Å²) in [5, 5.41) is -5.88. The molecular formula is C10H12F4O5S. The van der Waals surface area contributed by atoms with Crippen LogP contribution in [-0.4, -0.2) is 30.3 Å². The Hall–Kier alpha value is -0.900. The number of esters is 1. The summed E-state index contributed by atoms with van der Waals surface area (Å²) >= 11 is 0. The maximum atomic E-state index is 13.1. The summed E-state index contributed by atoms with van der Waals surface area (Å²) in [5.74, 6) is -2.47. The lowest BCUT2D eigenvalue weighted by atomic mass is 9.89. The van der Waals surface area contributed by atoms with Crippen LogP contribution in [0.15, 0.2) is 0 Å². The molecule has 2 fully saturated rings. The Morgan fingerprint density at radius 2 is 1.75 bits per heavy atom. The standard InChI is InChI=1S/C10H12F4O5S/c11-9(12,10(13,14)20(16,17)18)19-8(15)7-4-5-1-2-6(7)3-5/h5-7H,1-4H2,(H,16,17,18). The van der Waals surface area contributed by atoms with Gasteiger partial charge in [0.25, 0.3) is 0 Å². The Kier molecular flexibility index (Phi) is 3.52. The Bertz CT molecular complexity index is 518. The van der Waals surface area contributed by atoms with Gasteiger partial charge in [-0.3, -0.25) is 9.35 Å². The van der Waals surface area contributed by atoms with Crippen LogP contribution >= 0.6 is 0 Å². The van der Waals surface area contributed by atoms with Gasteiger partial charge < -0.3 is 4.74 Å². The van der Waals surface area contributed by atoms with Crippen molar-refractivity contribution in [1.29, 1.82) is 0 Å². The van der Waals surface area contributed by atoms with Crippen LogP contribution in [0.3, 0.4) is 0 Å². The van der Waals surface area contributed by atoms with Gasteiger partial charge in [-0.05, 0) is 31.1 Å². The zero-order valence-electron chi connectivity index (χ0n) is 10.1. The van der Waals surface area contributed by atoms with Crippen molar-refractivity contribution in [3.63, 3.8) is 0 Å². The highest BCUT2D eigenvalue weighted by atomic mass is 32.2. The van der Waals surface area contributed by atoms with Crippen LogP contribution in [-0.2, 0) is 19.6 Å². The first-order valence-corrected chi connectivity index (χ1v) is 7.35. The molecule has 20 heavy (non-hydrogen) atoms. The van der Waals surface area contributed by atoms with Gasteiger partial charge in [-0.2, -0.15) is 26.0 Å². The van der Waals surface area contributed by atoms with Crippen LogP contribution in [0.25, 0.3) is 0 Å². The zero-order valence-corrected chi connectivity index (χ0v) is 10.9. The molecule has 0 aromatic rings. The van der Waals surface area contributed by atoms with E-state index in [1.807, 2.05) is 0 Å². The quantitative estimate of drug-likeness (QED) is 0.487. The summed E-state index contributed by atoms with van der Waals surface area (Å²) in [4.78, 5) is 11.5. The molecule has 116 valence electrons. The number of hydrogen-bond acceptors (Lipinski definition) is 4. The van der Waals surface area contributed by atoms with Gasteiger partial charge in [-0.1, -0.05) is 6.42 Å². The molecule has 10 heteroatoms. The van der Waals surface area contributed by atoms with Crippen molar-refractivity contribution in [3.05, 3.63) is 0 Å². The SMILES string of the molecule is O=C(OC(F)(F)C(F)(F)S(=O)(=O)O)C1CC2CCC1C2. The molecule has 1 N–H and O–H groups in total. The van der Waals surface area contributed by atoms with E-state index >= 15 is 0 Å². The van der Waals surface area contributed by atoms with Crippen molar-refractivity contribution < 1.29 is 40.1 Å². The molecule has 0 saturated heterocycles. The monoisotopic (exact) mass is 320 g/mol. The van der Waals surface area contributed by atoms with Gasteiger partial charge in [0.05, 0.1) is 5.92 Å². The number of halogens is 4. The van der Waals surface area contributed by atoms with Crippen LogP contribution in [0, 0.1) is 17.8 Å². The maximum absolute atomic E-state index is 13.1. The number of rotatable bonds is 4. The molecule has 2 saturated carbocycles. The second-order valence-corrected chi connectivity index (χ2v) is 6.67. The van der Waals surface area contributed by atoms with E-state index < -0.39 is 33.4 Å². The van der Waals surface area contributed by atoms with Crippen LogP contribution < -0.4 is 0 Å². The fourth-order valence-corrected chi connectivity index (χ4v) is 3.29. The normalized spacial score (nSPS) is 30.6. The lowest BCUT2D eigenvalue weighted by Gasteiger charge is -2.26. The summed E-state index contributed by atoms with van der Waals surface area (Å²) in [7, 11) is -6.40. The predicted molar refractivity (Wildman–Crippen MR) is 56.5 cm³/mol. The first-order valence-electron chi connectivity index (χ1n) is 5.91. The van der Waals surface area contributed by atoms with Crippen molar-refractivity contribution in [2.45, 2.75) is 37.0 Å². The highest BCUT2D eigenvalue weighted by Crippen LogP contribution is 2.50. The molecule has 0 heterocycles. The van der Waals surface area contributed by atoms with Gasteiger partial charge in [-0.15, -0.1) is 0 Å². The zero-order chi connectivity index (χ0) is 15.3. The molecule has 2 bridgehead atoms. The highest BCUT2D eigenvalue weighted by molar-refractivity contribution is 7.86. The number of carbonyl (C=O) groups excluding carboxylic acids is 1. The molecule has 0 aromatic heterocycles. The Balaban J connectivity index is 2.10. The van der Waals surface area contributed by atoms with E-state index in [-0.39, 0.29) is 18.3 Å². The Morgan fingerprint density at radius 3 is 2.15 bits per heavy atom. The van der Waals surface area contributed by atoms with Crippen molar-refractivity contribution >= 4 is 16.1 Å². The van der Waals surface area contributed by atoms with Crippen molar-refractivity contribution in [1.82, 2.24) is 0 Å². The molecule has 0 aromatic carbocycles. The molecule has 0 aliphatic heterocycles. The van der Waals surface area contributed by atoms with E-state index in [0.717, 1.165) is 6.42 Å². The van der Waals surface area contributed by atoms with Gasteiger partial charge in [0, 0.05) is 0 Å². The van der Waals surface area contributed by atoms with Crippen molar-refractivity contribution in [2.24, 2.45) is 17.8 Å². The molecule has 5 nitrogen and oxygen atoms in total. The molecule has 0 radical (unpaired) electrons. The van der Waals surface area contributed by atoms with E-state index in [4.69, 9.17) is 4.55 Å². The lowest BCUT2D eigenvalue weighted by Crippen LogP contribution is -2.50. The van der Waals surface area contributed by atoms with E-state index in [1.165, 1.54) is 0 Å². The minimum atomic E-state index is -6.40. The molecule has 2 rings (SSSR count). The first-order chi connectivity index (χ1) is 8.96. The predicted octanol–water partition coefficient (Wildman–Crippen LogP) is 2.04. The van der Waals surface area contributed by atoms with Crippen molar-refractivity contribution in [2.75, 3.05) is 0 Å². The first kappa shape index (κ1) is 15.5. The van der Waals surface area contributed by atoms with Crippen molar-refractivity contribution in [3.8, 4) is 0 Å².